The number of hydrogen-bond acceptors (Lipinski definition) is 4. The first-order chi connectivity index (χ1) is 13.1. The van der Waals surface area contributed by atoms with Crippen LogP contribution in [0.3, 0.4) is 0 Å². The Labute approximate surface area is 153 Å². The van der Waals surface area contributed by atoms with Crippen LogP contribution >= 0.6 is 0 Å². The lowest BCUT2D eigenvalue weighted by Gasteiger charge is -2.10. The number of hydrogen-bond donors (Lipinski definition) is 0. The normalized spacial score (nSPS) is 11.2. The molecule has 0 saturated heterocycles. The maximum atomic E-state index is 13.1. The topological polar surface area (TPSA) is 71.8 Å². The van der Waals surface area contributed by atoms with Gasteiger partial charge in [-0.15, -0.1) is 0 Å². The van der Waals surface area contributed by atoms with E-state index in [1.165, 1.54) is 21.6 Å². The highest BCUT2D eigenvalue weighted by atomic mass is 19.3. The van der Waals surface area contributed by atoms with Crippen molar-refractivity contribution in [2.24, 2.45) is 0 Å². The second kappa shape index (κ2) is 6.61. The van der Waals surface area contributed by atoms with Crippen LogP contribution in [0.2, 0.25) is 0 Å². The number of imidazole rings is 2. The van der Waals surface area contributed by atoms with Crippen molar-refractivity contribution in [3.8, 4) is 28.7 Å². The molecule has 6 nitrogen and oxygen atoms in total. The summed E-state index contributed by atoms with van der Waals surface area (Å²) in [5, 5.41) is 13.7. The number of rotatable bonds is 4. The second-order valence-corrected chi connectivity index (χ2v) is 6.10. The summed E-state index contributed by atoms with van der Waals surface area (Å²) in [5.74, 6) is 0. The summed E-state index contributed by atoms with van der Waals surface area (Å²) < 4.78 is 29.0. The lowest BCUT2D eigenvalue weighted by molar-refractivity contribution is 0.127. The van der Waals surface area contributed by atoms with Crippen LogP contribution in [0.1, 0.15) is 11.3 Å². The Morgan fingerprint density at radius 1 is 1.19 bits per heavy atom. The first-order valence-electron chi connectivity index (χ1n) is 8.22. The van der Waals surface area contributed by atoms with Gasteiger partial charge in [0.05, 0.1) is 30.5 Å². The molecule has 3 heterocycles. The van der Waals surface area contributed by atoms with Gasteiger partial charge in [0.1, 0.15) is 11.8 Å². The Bertz CT molecular complexity index is 1170. The van der Waals surface area contributed by atoms with Gasteiger partial charge in [0.15, 0.2) is 11.3 Å². The Balaban J connectivity index is 1.95. The van der Waals surface area contributed by atoms with Crippen molar-refractivity contribution in [2.45, 2.75) is 19.9 Å². The Hall–Kier alpha value is -3.60. The maximum Gasteiger partial charge on any atom is 0.256 e. The van der Waals surface area contributed by atoms with Crippen molar-refractivity contribution < 1.29 is 8.78 Å². The lowest BCUT2D eigenvalue weighted by atomic mass is 10.1. The van der Waals surface area contributed by atoms with E-state index in [0.29, 0.717) is 22.7 Å². The Morgan fingerprint density at radius 2 is 2.04 bits per heavy atom. The molecule has 0 saturated carbocycles. The smallest absolute Gasteiger partial charge is 0.256 e. The molecule has 0 aliphatic carbocycles. The number of halogens is 2. The molecular weight excluding hydrogens is 350 g/mol. The van der Waals surface area contributed by atoms with E-state index in [2.05, 4.69) is 15.1 Å². The summed E-state index contributed by atoms with van der Waals surface area (Å²) in [6, 6.07) is 13.1. The zero-order chi connectivity index (χ0) is 19.0. The Kier molecular flexibility index (Phi) is 4.12. The van der Waals surface area contributed by atoms with E-state index in [1.807, 2.05) is 37.3 Å². The van der Waals surface area contributed by atoms with Gasteiger partial charge in [-0.1, -0.05) is 23.8 Å². The molecule has 27 heavy (non-hydrogen) atoms. The molecule has 0 unspecified atom stereocenters. The van der Waals surface area contributed by atoms with Gasteiger partial charge in [-0.2, -0.15) is 10.4 Å². The Morgan fingerprint density at radius 3 is 2.78 bits per heavy atom. The van der Waals surface area contributed by atoms with Gasteiger partial charge in [-0.25, -0.2) is 23.3 Å². The molecule has 0 bridgehead atoms. The number of aryl methyl sites for hydroxylation is 1. The molecule has 0 radical (unpaired) electrons. The maximum absolute atomic E-state index is 13.1. The fraction of sp³-hybridized carbons (Fsp3) is 0.158. The molecule has 0 fully saturated rings. The number of alkyl halides is 2. The van der Waals surface area contributed by atoms with E-state index in [-0.39, 0.29) is 5.69 Å². The van der Waals surface area contributed by atoms with E-state index in [4.69, 9.17) is 0 Å². The fourth-order valence-corrected chi connectivity index (χ4v) is 3.02. The summed E-state index contributed by atoms with van der Waals surface area (Å²) in [7, 11) is 0. The van der Waals surface area contributed by atoms with Crippen LogP contribution in [0.25, 0.3) is 28.3 Å². The van der Waals surface area contributed by atoms with Gasteiger partial charge in [-0.3, -0.25) is 0 Å². The van der Waals surface area contributed by atoms with Crippen LogP contribution < -0.4 is 0 Å². The number of benzene rings is 1. The van der Waals surface area contributed by atoms with Crippen molar-refractivity contribution in [1.82, 2.24) is 24.1 Å². The van der Waals surface area contributed by atoms with E-state index in [9.17, 15) is 14.0 Å². The van der Waals surface area contributed by atoms with Gasteiger partial charge in [0.2, 0.25) is 0 Å². The van der Waals surface area contributed by atoms with E-state index in [1.54, 1.807) is 12.1 Å². The largest absolute Gasteiger partial charge is 0.323 e. The monoisotopic (exact) mass is 364 g/mol. The minimum Gasteiger partial charge on any atom is -0.323 e. The van der Waals surface area contributed by atoms with Crippen LogP contribution in [0, 0.1) is 18.3 Å². The summed E-state index contributed by atoms with van der Waals surface area (Å²) >= 11 is 0. The summed E-state index contributed by atoms with van der Waals surface area (Å²) in [5.41, 5.74) is 4.09. The van der Waals surface area contributed by atoms with Gasteiger partial charge >= 0.3 is 0 Å². The summed E-state index contributed by atoms with van der Waals surface area (Å²) in [6.07, 6.45) is 0.281. The van der Waals surface area contributed by atoms with Crippen LogP contribution in [0.5, 0.6) is 0 Å². The molecule has 3 aromatic heterocycles. The second-order valence-electron chi connectivity index (χ2n) is 6.10. The van der Waals surface area contributed by atoms with Gasteiger partial charge in [0, 0.05) is 5.56 Å². The SMILES string of the molecule is Cc1cccc(-c2ncn(CC(F)F)c2-c2ccc3ncc(C#N)n3n2)c1. The van der Waals surface area contributed by atoms with Gasteiger partial charge < -0.3 is 4.57 Å². The molecule has 0 atom stereocenters. The zero-order valence-corrected chi connectivity index (χ0v) is 14.3. The average molecular weight is 364 g/mol. The predicted octanol–water partition coefficient (Wildman–Crippen LogP) is 3.71. The molecule has 0 spiro atoms. The summed E-state index contributed by atoms with van der Waals surface area (Å²) in [4.78, 5) is 8.48. The van der Waals surface area contributed by atoms with Crippen LogP contribution in [-0.4, -0.2) is 30.6 Å². The third-order valence-electron chi connectivity index (χ3n) is 4.18. The standard InChI is InChI=1S/C19H14F2N6/c1-12-3-2-4-13(7-12)18-19(26(11-24-18)10-16(20)21)15-5-6-17-23-9-14(8-22)27(17)25-15/h2-7,9,11,16H,10H2,1H3. The van der Waals surface area contributed by atoms with Gasteiger partial charge in [0.25, 0.3) is 6.43 Å². The highest BCUT2D eigenvalue weighted by Crippen LogP contribution is 2.31. The molecular formula is C19H14F2N6. The van der Waals surface area contributed by atoms with Gasteiger partial charge in [-0.05, 0) is 25.1 Å². The van der Waals surface area contributed by atoms with Crippen molar-refractivity contribution in [3.05, 3.63) is 60.2 Å². The van der Waals surface area contributed by atoms with Crippen molar-refractivity contribution in [3.63, 3.8) is 0 Å². The van der Waals surface area contributed by atoms with E-state index in [0.717, 1.165) is 11.1 Å². The first-order valence-corrected chi connectivity index (χ1v) is 8.22. The highest BCUT2D eigenvalue weighted by Gasteiger charge is 2.19. The molecule has 0 amide bonds. The minimum absolute atomic E-state index is 0.267. The lowest BCUT2D eigenvalue weighted by Crippen LogP contribution is -2.08. The predicted molar refractivity (Wildman–Crippen MR) is 95.1 cm³/mol. The van der Waals surface area contributed by atoms with Crippen molar-refractivity contribution in [1.29, 1.82) is 5.26 Å². The van der Waals surface area contributed by atoms with Crippen LogP contribution in [0.4, 0.5) is 8.78 Å². The minimum atomic E-state index is -2.53. The van der Waals surface area contributed by atoms with Crippen molar-refractivity contribution in [2.75, 3.05) is 0 Å². The van der Waals surface area contributed by atoms with Crippen molar-refractivity contribution >= 4 is 5.65 Å². The molecule has 1 aromatic carbocycles. The van der Waals surface area contributed by atoms with E-state index < -0.39 is 13.0 Å². The third kappa shape index (κ3) is 3.04. The fourth-order valence-electron chi connectivity index (χ4n) is 3.02. The molecule has 0 aliphatic rings. The molecule has 4 rings (SSSR count). The van der Waals surface area contributed by atoms with E-state index >= 15 is 0 Å². The average Bonchev–Trinajstić information content (AvgIpc) is 3.24. The third-order valence-corrected chi connectivity index (χ3v) is 4.18. The number of fused-ring (bicyclic) bond motifs is 1. The zero-order valence-electron chi connectivity index (χ0n) is 14.3. The number of nitriles is 1. The van der Waals surface area contributed by atoms with Crippen LogP contribution in [-0.2, 0) is 6.54 Å². The quantitative estimate of drug-likeness (QED) is 0.553. The first kappa shape index (κ1) is 16.8. The molecule has 4 aromatic rings. The number of nitrogens with zero attached hydrogens (tertiary/aromatic N) is 6. The summed E-state index contributed by atoms with van der Waals surface area (Å²) in [6.45, 7) is 1.46. The number of aromatic nitrogens is 5. The molecule has 0 aliphatic heterocycles. The van der Waals surface area contributed by atoms with Crippen LogP contribution in [0.15, 0.2) is 48.9 Å². The molecule has 0 N–H and O–H groups in total. The highest BCUT2D eigenvalue weighted by molar-refractivity contribution is 5.77. The molecule has 8 heteroatoms. The molecule has 134 valence electrons.